The van der Waals surface area contributed by atoms with Gasteiger partial charge < -0.3 is 9.52 Å². The minimum absolute atomic E-state index is 0.641. The molecule has 0 spiro atoms. The SMILES string of the molecule is Cc1oc2ccccc2c1C(O)C1(C#N)CCCC1. The van der Waals surface area contributed by atoms with Crippen molar-refractivity contribution >= 4 is 11.0 Å². The molecule has 1 heterocycles. The molecule has 1 saturated carbocycles. The van der Waals surface area contributed by atoms with Crippen molar-refractivity contribution in [2.24, 2.45) is 5.41 Å². The molecule has 1 aromatic carbocycles. The van der Waals surface area contributed by atoms with Crippen molar-refractivity contribution in [2.45, 2.75) is 38.7 Å². The zero-order valence-corrected chi connectivity index (χ0v) is 11.0. The van der Waals surface area contributed by atoms with Crippen LogP contribution in [0.2, 0.25) is 0 Å². The number of fused-ring (bicyclic) bond motifs is 1. The van der Waals surface area contributed by atoms with Gasteiger partial charge in [0.15, 0.2) is 0 Å². The third-order valence-corrected chi connectivity index (χ3v) is 4.33. The molecule has 1 fully saturated rings. The van der Waals surface area contributed by atoms with Crippen molar-refractivity contribution < 1.29 is 9.52 Å². The number of aryl methyl sites for hydroxylation is 1. The summed E-state index contributed by atoms with van der Waals surface area (Å²) in [6.45, 7) is 1.86. The van der Waals surface area contributed by atoms with E-state index in [0.29, 0.717) is 0 Å². The lowest BCUT2D eigenvalue weighted by molar-refractivity contribution is 0.0669. The highest BCUT2D eigenvalue weighted by atomic mass is 16.3. The van der Waals surface area contributed by atoms with Crippen molar-refractivity contribution in [1.29, 1.82) is 5.26 Å². The average molecular weight is 255 g/mol. The zero-order chi connectivity index (χ0) is 13.5. The zero-order valence-electron chi connectivity index (χ0n) is 11.0. The molecular formula is C16H17NO2. The highest BCUT2D eigenvalue weighted by Gasteiger charge is 2.43. The lowest BCUT2D eigenvalue weighted by atomic mass is 9.78. The Morgan fingerprint density at radius 3 is 2.68 bits per heavy atom. The van der Waals surface area contributed by atoms with Gasteiger partial charge in [-0.1, -0.05) is 31.0 Å². The molecule has 1 N–H and O–H groups in total. The fraction of sp³-hybridized carbons (Fsp3) is 0.438. The fourth-order valence-electron chi connectivity index (χ4n) is 3.26. The Labute approximate surface area is 112 Å². The van der Waals surface area contributed by atoms with Crippen molar-refractivity contribution in [1.82, 2.24) is 0 Å². The summed E-state index contributed by atoms with van der Waals surface area (Å²) in [7, 11) is 0. The van der Waals surface area contributed by atoms with E-state index < -0.39 is 11.5 Å². The molecule has 3 nitrogen and oxygen atoms in total. The van der Waals surface area contributed by atoms with Gasteiger partial charge in [-0.05, 0) is 25.8 Å². The van der Waals surface area contributed by atoms with Gasteiger partial charge in [0.1, 0.15) is 17.4 Å². The van der Waals surface area contributed by atoms with Gasteiger partial charge in [-0.15, -0.1) is 0 Å². The smallest absolute Gasteiger partial charge is 0.134 e. The summed E-state index contributed by atoms with van der Waals surface area (Å²) in [6.07, 6.45) is 2.80. The van der Waals surface area contributed by atoms with Crippen molar-refractivity contribution in [3.8, 4) is 6.07 Å². The first-order valence-electron chi connectivity index (χ1n) is 6.75. The van der Waals surface area contributed by atoms with Crippen molar-refractivity contribution in [2.75, 3.05) is 0 Å². The fourth-order valence-corrected chi connectivity index (χ4v) is 3.26. The Hall–Kier alpha value is -1.79. The van der Waals surface area contributed by atoms with E-state index in [1.165, 1.54) is 0 Å². The molecule has 1 aromatic heterocycles. The van der Waals surface area contributed by atoms with Gasteiger partial charge in [-0.3, -0.25) is 0 Å². The maximum Gasteiger partial charge on any atom is 0.134 e. The van der Waals surface area contributed by atoms with E-state index in [0.717, 1.165) is 48.0 Å². The van der Waals surface area contributed by atoms with Crippen LogP contribution >= 0.6 is 0 Å². The second-order valence-corrected chi connectivity index (χ2v) is 5.45. The minimum Gasteiger partial charge on any atom is -0.461 e. The topological polar surface area (TPSA) is 57.2 Å². The molecular weight excluding hydrogens is 238 g/mol. The summed E-state index contributed by atoms with van der Waals surface area (Å²) in [5.74, 6) is 0.718. The number of hydrogen-bond acceptors (Lipinski definition) is 3. The third-order valence-electron chi connectivity index (χ3n) is 4.33. The Balaban J connectivity index is 2.14. The number of benzene rings is 1. The monoisotopic (exact) mass is 255 g/mol. The first kappa shape index (κ1) is 12.3. The van der Waals surface area contributed by atoms with E-state index in [4.69, 9.17) is 4.42 Å². The average Bonchev–Trinajstić information content (AvgIpc) is 3.02. The highest BCUT2D eigenvalue weighted by Crippen LogP contribution is 2.49. The molecule has 0 bridgehead atoms. The van der Waals surface area contributed by atoms with Gasteiger partial charge in [0.2, 0.25) is 0 Å². The largest absolute Gasteiger partial charge is 0.461 e. The number of furan rings is 1. The second-order valence-electron chi connectivity index (χ2n) is 5.45. The van der Waals surface area contributed by atoms with Gasteiger partial charge >= 0.3 is 0 Å². The number of aliphatic hydroxyl groups is 1. The van der Waals surface area contributed by atoms with Crippen LogP contribution in [0.4, 0.5) is 0 Å². The maximum atomic E-state index is 10.8. The standard InChI is InChI=1S/C16H17NO2/c1-11-14(12-6-2-3-7-13(12)19-11)15(18)16(10-17)8-4-5-9-16/h2-3,6-7,15,18H,4-5,8-9H2,1H3. The van der Waals surface area contributed by atoms with Crippen LogP contribution in [0.3, 0.4) is 0 Å². The molecule has 3 heteroatoms. The lowest BCUT2D eigenvalue weighted by Gasteiger charge is -2.26. The molecule has 0 aliphatic heterocycles. The molecule has 19 heavy (non-hydrogen) atoms. The predicted molar refractivity (Wildman–Crippen MR) is 72.4 cm³/mol. The summed E-state index contributed by atoms with van der Waals surface area (Å²) in [5, 5.41) is 21.2. The van der Waals surface area contributed by atoms with E-state index in [9.17, 15) is 10.4 Å². The molecule has 1 aliphatic carbocycles. The molecule has 1 atom stereocenters. The number of nitrogens with zero attached hydrogens (tertiary/aromatic N) is 1. The highest BCUT2D eigenvalue weighted by molar-refractivity contribution is 5.82. The minimum atomic E-state index is -0.761. The molecule has 0 amide bonds. The summed E-state index contributed by atoms with van der Waals surface area (Å²) < 4.78 is 5.70. The van der Waals surface area contributed by atoms with Crippen LogP contribution in [0.15, 0.2) is 28.7 Å². The van der Waals surface area contributed by atoms with Gasteiger partial charge in [-0.2, -0.15) is 5.26 Å². The number of aliphatic hydroxyl groups excluding tert-OH is 1. The number of para-hydroxylation sites is 1. The van der Waals surface area contributed by atoms with Crippen molar-refractivity contribution in [3.05, 3.63) is 35.6 Å². The molecule has 0 radical (unpaired) electrons. The third kappa shape index (κ3) is 1.75. The van der Waals surface area contributed by atoms with Crippen LogP contribution < -0.4 is 0 Å². The summed E-state index contributed by atoms with van der Waals surface area (Å²) in [6, 6.07) is 10.1. The Bertz CT molecular complexity index is 644. The predicted octanol–water partition coefficient (Wildman–Crippen LogP) is 3.86. The van der Waals surface area contributed by atoms with E-state index in [-0.39, 0.29) is 0 Å². The van der Waals surface area contributed by atoms with E-state index in [2.05, 4.69) is 6.07 Å². The molecule has 1 unspecified atom stereocenters. The van der Waals surface area contributed by atoms with Gasteiger partial charge in [0, 0.05) is 10.9 Å². The first-order chi connectivity index (χ1) is 9.18. The maximum absolute atomic E-state index is 10.8. The second kappa shape index (κ2) is 4.40. The molecule has 3 rings (SSSR count). The molecule has 0 saturated heterocycles. The van der Waals surface area contributed by atoms with Gasteiger partial charge in [0.05, 0.1) is 11.5 Å². The van der Waals surface area contributed by atoms with Crippen LogP contribution in [0.1, 0.15) is 43.1 Å². The van der Waals surface area contributed by atoms with E-state index in [1.54, 1.807) is 0 Å². The first-order valence-corrected chi connectivity index (χ1v) is 6.75. The van der Waals surface area contributed by atoms with Crippen LogP contribution in [-0.2, 0) is 0 Å². The number of rotatable bonds is 2. The van der Waals surface area contributed by atoms with E-state index in [1.807, 2.05) is 31.2 Å². The Kier molecular flexibility index (Phi) is 2.83. The number of hydrogen-bond donors (Lipinski definition) is 1. The molecule has 2 aromatic rings. The quantitative estimate of drug-likeness (QED) is 0.886. The normalized spacial score (nSPS) is 19.4. The van der Waals surface area contributed by atoms with Crippen LogP contribution in [-0.4, -0.2) is 5.11 Å². The lowest BCUT2D eigenvalue weighted by Crippen LogP contribution is -2.24. The van der Waals surface area contributed by atoms with Gasteiger partial charge in [0.25, 0.3) is 0 Å². The Morgan fingerprint density at radius 1 is 1.32 bits per heavy atom. The van der Waals surface area contributed by atoms with Crippen LogP contribution in [0, 0.1) is 23.7 Å². The van der Waals surface area contributed by atoms with E-state index >= 15 is 0 Å². The van der Waals surface area contributed by atoms with Gasteiger partial charge in [-0.25, -0.2) is 0 Å². The summed E-state index contributed by atoms with van der Waals surface area (Å²) in [5.41, 5.74) is 0.927. The Morgan fingerprint density at radius 2 is 2.00 bits per heavy atom. The molecule has 98 valence electrons. The van der Waals surface area contributed by atoms with Crippen molar-refractivity contribution in [3.63, 3.8) is 0 Å². The van der Waals surface area contributed by atoms with Crippen LogP contribution in [0.25, 0.3) is 11.0 Å². The van der Waals surface area contributed by atoms with Crippen LogP contribution in [0.5, 0.6) is 0 Å². The molecule has 1 aliphatic rings. The number of nitriles is 1. The summed E-state index contributed by atoms with van der Waals surface area (Å²) in [4.78, 5) is 0. The summed E-state index contributed by atoms with van der Waals surface area (Å²) >= 11 is 0.